The minimum Gasteiger partial charge on any atom is -0.481 e. The van der Waals surface area contributed by atoms with Gasteiger partial charge in [0.2, 0.25) is 0 Å². The lowest BCUT2D eigenvalue weighted by Crippen LogP contribution is -2.21. The Bertz CT molecular complexity index is 1220. The number of para-hydroxylation sites is 1. The predicted molar refractivity (Wildman–Crippen MR) is 110 cm³/mol. The molecule has 0 bridgehead atoms. The molecule has 7 nitrogen and oxygen atoms in total. The molecule has 0 amide bonds. The number of hydrogen-bond acceptors (Lipinski definition) is 5. The predicted octanol–water partition coefficient (Wildman–Crippen LogP) is 3.89. The summed E-state index contributed by atoms with van der Waals surface area (Å²) in [6.07, 6.45) is 6.57. The number of pyridine rings is 1. The molecule has 1 aliphatic rings. The molecule has 0 aliphatic heterocycles. The Morgan fingerprint density at radius 3 is 2.69 bits per heavy atom. The Morgan fingerprint density at radius 1 is 1.10 bits per heavy atom. The molecule has 29 heavy (non-hydrogen) atoms. The van der Waals surface area contributed by atoms with E-state index >= 15 is 0 Å². The van der Waals surface area contributed by atoms with E-state index in [9.17, 15) is 9.90 Å². The highest BCUT2D eigenvalue weighted by Crippen LogP contribution is 2.36. The number of fused-ring (bicyclic) bond motifs is 2. The zero-order chi connectivity index (χ0) is 20.0. The van der Waals surface area contributed by atoms with Crippen molar-refractivity contribution in [3.05, 3.63) is 54.5 Å². The second-order valence-corrected chi connectivity index (χ2v) is 7.70. The number of rotatable bonds is 3. The number of hydrogen-bond donors (Lipinski definition) is 2. The summed E-state index contributed by atoms with van der Waals surface area (Å²) in [5.41, 5.74) is 10.7. The normalized spacial score (nSPS) is 19.6. The van der Waals surface area contributed by atoms with Crippen LogP contribution in [0.5, 0.6) is 0 Å². The Kier molecular flexibility index (Phi) is 4.16. The van der Waals surface area contributed by atoms with Gasteiger partial charge in [-0.2, -0.15) is 9.61 Å². The third kappa shape index (κ3) is 3.08. The first-order valence-corrected chi connectivity index (χ1v) is 9.82. The van der Waals surface area contributed by atoms with Gasteiger partial charge in [0.05, 0.1) is 17.6 Å². The van der Waals surface area contributed by atoms with Gasteiger partial charge in [0, 0.05) is 40.4 Å². The summed E-state index contributed by atoms with van der Waals surface area (Å²) in [4.78, 5) is 20.7. The zero-order valence-electron chi connectivity index (χ0n) is 15.8. The van der Waals surface area contributed by atoms with Gasteiger partial charge in [-0.1, -0.05) is 18.2 Å². The van der Waals surface area contributed by atoms with Gasteiger partial charge in [0.25, 0.3) is 0 Å². The number of carbonyl (C=O) groups is 1. The molecule has 3 aromatic heterocycles. The van der Waals surface area contributed by atoms with Gasteiger partial charge < -0.3 is 10.8 Å². The number of nitrogens with two attached hydrogens (primary N) is 1. The van der Waals surface area contributed by atoms with Gasteiger partial charge >= 0.3 is 5.97 Å². The van der Waals surface area contributed by atoms with E-state index in [1.807, 2.05) is 36.5 Å². The average molecular weight is 387 g/mol. The number of aliphatic carboxylic acids is 1. The van der Waals surface area contributed by atoms with Crippen molar-refractivity contribution in [2.24, 2.45) is 5.92 Å². The Morgan fingerprint density at radius 2 is 1.90 bits per heavy atom. The monoisotopic (exact) mass is 387 g/mol. The quantitative estimate of drug-likeness (QED) is 0.552. The average Bonchev–Trinajstić information content (AvgIpc) is 3.18. The minimum absolute atomic E-state index is 0.218. The van der Waals surface area contributed by atoms with Crippen LogP contribution in [0.1, 0.15) is 37.3 Å². The van der Waals surface area contributed by atoms with Crippen molar-refractivity contribution in [3.8, 4) is 11.1 Å². The van der Waals surface area contributed by atoms with Crippen LogP contribution in [-0.4, -0.2) is 30.7 Å². The summed E-state index contributed by atoms with van der Waals surface area (Å²) in [7, 11) is 0. The van der Waals surface area contributed by atoms with Crippen LogP contribution in [0.15, 0.2) is 48.8 Å². The zero-order valence-corrected chi connectivity index (χ0v) is 15.8. The van der Waals surface area contributed by atoms with Crippen LogP contribution < -0.4 is 5.73 Å². The standard InChI is InChI=1S/C22H21N5O2/c23-20-10-19(13-5-7-14(8-6-13)22(28)29)26-21-17(12-25-27(20)21)16-9-15-3-1-2-4-18(15)24-11-16/h1-4,9-14H,5-8,23H2,(H,28,29). The summed E-state index contributed by atoms with van der Waals surface area (Å²) in [5, 5.41) is 14.7. The fraction of sp³-hybridized carbons (Fsp3) is 0.273. The molecular formula is C22H21N5O2. The van der Waals surface area contributed by atoms with Gasteiger partial charge in [-0.25, -0.2) is 4.98 Å². The molecule has 4 aromatic rings. The number of carboxylic acids is 1. The van der Waals surface area contributed by atoms with E-state index in [1.54, 1.807) is 10.7 Å². The molecule has 1 aromatic carbocycles. The van der Waals surface area contributed by atoms with Crippen molar-refractivity contribution in [1.29, 1.82) is 0 Å². The van der Waals surface area contributed by atoms with Crippen LogP contribution in [0.2, 0.25) is 0 Å². The van der Waals surface area contributed by atoms with Crippen LogP contribution in [0.25, 0.3) is 27.7 Å². The lowest BCUT2D eigenvalue weighted by atomic mass is 9.80. The van der Waals surface area contributed by atoms with Gasteiger partial charge in [0.1, 0.15) is 5.82 Å². The van der Waals surface area contributed by atoms with E-state index in [2.05, 4.69) is 16.1 Å². The summed E-state index contributed by atoms with van der Waals surface area (Å²) in [6.45, 7) is 0. The van der Waals surface area contributed by atoms with E-state index in [0.29, 0.717) is 24.3 Å². The number of anilines is 1. The molecule has 0 spiro atoms. The third-order valence-corrected chi connectivity index (χ3v) is 5.92. The molecule has 1 aliphatic carbocycles. The first-order valence-electron chi connectivity index (χ1n) is 9.82. The highest BCUT2D eigenvalue weighted by atomic mass is 16.4. The van der Waals surface area contributed by atoms with Crippen molar-refractivity contribution in [1.82, 2.24) is 19.6 Å². The molecule has 0 unspecified atom stereocenters. The highest BCUT2D eigenvalue weighted by molar-refractivity contribution is 5.86. The topological polar surface area (TPSA) is 106 Å². The maximum atomic E-state index is 11.2. The molecule has 0 saturated heterocycles. The van der Waals surface area contributed by atoms with Crippen LogP contribution in [0.3, 0.4) is 0 Å². The van der Waals surface area contributed by atoms with Crippen molar-refractivity contribution in [2.45, 2.75) is 31.6 Å². The molecule has 5 rings (SSSR count). The van der Waals surface area contributed by atoms with Crippen molar-refractivity contribution in [2.75, 3.05) is 5.73 Å². The van der Waals surface area contributed by atoms with Gasteiger partial charge in [-0.05, 0) is 37.8 Å². The van der Waals surface area contributed by atoms with E-state index in [0.717, 1.165) is 40.6 Å². The largest absolute Gasteiger partial charge is 0.481 e. The molecule has 146 valence electrons. The third-order valence-electron chi connectivity index (χ3n) is 5.92. The maximum Gasteiger partial charge on any atom is 0.306 e. The van der Waals surface area contributed by atoms with Crippen LogP contribution in [-0.2, 0) is 4.79 Å². The Balaban J connectivity index is 1.55. The minimum atomic E-state index is -0.701. The fourth-order valence-electron chi connectivity index (χ4n) is 4.27. The second-order valence-electron chi connectivity index (χ2n) is 7.70. The summed E-state index contributed by atoms with van der Waals surface area (Å²) in [6, 6.07) is 11.9. The molecule has 1 fully saturated rings. The van der Waals surface area contributed by atoms with Gasteiger partial charge in [0.15, 0.2) is 5.65 Å². The van der Waals surface area contributed by atoms with Crippen molar-refractivity contribution in [3.63, 3.8) is 0 Å². The maximum absolute atomic E-state index is 11.2. The highest BCUT2D eigenvalue weighted by Gasteiger charge is 2.28. The smallest absolute Gasteiger partial charge is 0.306 e. The van der Waals surface area contributed by atoms with Crippen LogP contribution in [0.4, 0.5) is 5.82 Å². The summed E-state index contributed by atoms with van der Waals surface area (Å²) in [5.74, 6) is -0.199. The Hall–Kier alpha value is -3.48. The molecule has 0 radical (unpaired) electrons. The molecule has 3 N–H and O–H groups in total. The van der Waals surface area contributed by atoms with E-state index < -0.39 is 5.97 Å². The first kappa shape index (κ1) is 17.6. The summed E-state index contributed by atoms with van der Waals surface area (Å²) >= 11 is 0. The summed E-state index contributed by atoms with van der Waals surface area (Å²) < 4.78 is 1.65. The number of benzene rings is 1. The van der Waals surface area contributed by atoms with Crippen molar-refractivity contribution >= 4 is 28.3 Å². The first-order chi connectivity index (χ1) is 14.1. The SMILES string of the molecule is Nc1cc(C2CCC(C(=O)O)CC2)nc2c(-c3cnc4ccccc4c3)cnn12. The van der Waals surface area contributed by atoms with E-state index in [4.69, 9.17) is 10.7 Å². The number of carboxylic acid groups (broad SMARTS) is 1. The number of nitrogen functional groups attached to an aromatic ring is 1. The van der Waals surface area contributed by atoms with Gasteiger partial charge in [-0.3, -0.25) is 9.78 Å². The fourth-order valence-corrected chi connectivity index (χ4v) is 4.27. The van der Waals surface area contributed by atoms with Crippen LogP contribution in [0, 0.1) is 5.92 Å². The lowest BCUT2D eigenvalue weighted by Gasteiger charge is -2.25. The molecule has 0 atom stereocenters. The molecule has 3 heterocycles. The number of aromatic nitrogens is 4. The van der Waals surface area contributed by atoms with E-state index in [-0.39, 0.29) is 11.8 Å². The van der Waals surface area contributed by atoms with Gasteiger partial charge in [-0.15, -0.1) is 0 Å². The number of nitrogens with zero attached hydrogens (tertiary/aromatic N) is 4. The molecular weight excluding hydrogens is 366 g/mol. The Labute approximate surface area is 167 Å². The van der Waals surface area contributed by atoms with Crippen molar-refractivity contribution < 1.29 is 9.90 Å². The lowest BCUT2D eigenvalue weighted by molar-refractivity contribution is -0.142. The molecule has 1 saturated carbocycles. The second kappa shape index (κ2) is 6.84. The van der Waals surface area contributed by atoms with Crippen LogP contribution >= 0.6 is 0 Å². The van der Waals surface area contributed by atoms with E-state index in [1.165, 1.54) is 0 Å². The molecule has 7 heteroatoms.